The molecule has 0 fully saturated rings. The van der Waals surface area contributed by atoms with E-state index in [9.17, 15) is 23.2 Å². The number of thiophene rings is 1. The molecule has 1 heterocycles. The molecule has 0 bridgehead atoms. The molecular weight excluding hydrogens is 452 g/mol. The molecule has 0 saturated heterocycles. The number of hydrogen-bond acceptors (Lipinski definition) is 6. The van der Waals surface area contributed by atoms with Gasteiger partial charge in [-0.1, -0.05) is 18.5 Å². The predicted octanol–water partition coefficient (Wildman–Crippen LogP) is 4.78. The maximum atomic E-state index is 13.4. The van der Waals surface area contributed by atoms with E-state index in [2.05, 4.69) is 12.2 Å². The van der Waals surface area contributed by atoms with Gasteiger partial charge in [-0.25, -0.2) is 18.4 Å². The highest BCUT2D eigenvalue weighted by Crippen LogP contribution is 2.40. The van der Waals surface area contributed by atoms with E-state index < -0.39 is 41.7 Å². The highest BCUT2D eigenvalue weighted by molar-refractivity contribution is 7.17. The number of anilines is 1. The number of carbonyl (C=O) groups excluding carboxylic acids is 3. The number of fused-ring (bicyclic) bond motifs is 1. The minimum atomic E-state index is -1.27. The van der Waals surface area contributed by atoms with Gasteiger partial charge in [0.15, 0.2) is 18.2 Å². The monoisotopic (exact) mass is 471 g/mol. The van der Waals surface area contributed by atoms with Gasteiger partial charge in [-0.2, -0.15) is 0 Å². The third-order valence-corrected chi connectivity index (χ3v) is 6.29. The molecule has 0 radical (unpaired) electrons. The number of nitrogens with one attached hydrogen (secondary N) is 1. The molecule has 166 valence electrons. The smallest absolute Gasteiger partial charge is 0.341 e. The number of benzene rings is 1. The maximum Gasteiger partial charge on any atom is 0.341 e. The fourth-order valence-electron chi connectivity index (χ4n) is 3.31. The van der Waals surface area contributed by atoms with Gasteiger partial charge in [0.2, 0.25) is 0 Å². The summed E-state index contributed by atoms with van der Waals surface area (Å²) in [5.41, 5.74) is 0.806. The lowest BCUT2D eigenvalue weighted by molar-refractivity contribution is -0.119. The van der Waals surface area contributed by atoms with E-state index >= 15 is 0 Å². The molecule has 1 N–H and O–H groups in total. The molecule has 0 saturated carbocycles. The van der Waals surface area contributed by atoms with Crippen LogP contribution in [0, 0.1) is 17.6 Å². The van der Waals surface area contributed by atoms with E-state index in [4.69, 9.17) is 21.1 Å². The van der Waals surface area contributed by atoms with E-state index in [0.717, 1.165) is 23.3 Å². The van der Waals surface area contributed by atoms with Crippen LogP contribution in [-0.2, 0) is 27.1 Å². The highest BCUT2D eigenvalue weighted by atomic mass is 35.5. The van der Waals surface area contributed by atoms with Gasteiger partial charge in [-0.05, 0) is 49.8 Å². The van der Waals surface area contributed by atoms with Gasteiger partial charge < -0.3 is 14.8 Å². The number of hydrogen-bond donors (Lipinski definition) is 1. The van der Waals surface area contributed by atoms with Crippen LogP contribution >= 0.6 is 22.9 Å². The van der Waals surface area contributed by atoms with Gasteiger partial charge in [0.25, 0.3) is 5.91 Å². The van der Waals surface area contributed by atoms with E-state index in [1.54, 1.807) is 6.92 Å². The number of esters is 2. The Morgan fingerprint density at radius 3 is 2.61 bits per heavy atom. The van der Waals surface area contributed by atoms with Gasteiger partial charge >= 0.3 is 11.9 Å². The van der Waals surface area contributed by atoms with Gasteiger partial charge in [0, 0.05) is 4.88 Å². The van der Waals surface area contributed by atoms with Crippen LogP contribution in [0.2, 0.25) is 5.02 Å². The Balaban J connectivity index is 1.72. The fourth-order valence-corrected chi connectivity index (χ4v) is 4.95. The lowest BCUT2D eigenvalue weighted by atomic mass is 9.88. The zero-order chi connectivity index (χ0) is 22.7. The summed E-state index contributed by atoms with van der Waals surface area (Å²) >= 11 is 7.04. The van der Waals surface area contributed by atoms with Crippen LogP contribution in [-0.4, -0.2) is 31.1 Å². The molecule has 2 aromatic rings. The van der Waals surface area contributed by atoms with E-state index in [1.165, 1.54) is 11.3 Å². The van der Waals surface area contributed by atoms with Gasteiger partial charge in [-0.15, -0.1) is 11.3 Å². The molecule has 31 heavy (non-hydrogen) atoms. The van der Waals surface area contributed by atoms with E-state index in [1.807, 2.05) is 0 Å². The summed E-state index contributed by atoms with van der Waals surface area (Å²) in [6.07, 6.45) is 2.43. The average molecular weight is 472 g/mol. The fraction of sp³-hybridized carbons (Fsp3) is 0.381. The van der Waals surface area contributed by atoms with Crippen LogP contribution < -0.4 is 5.32 Å². The van der Waals surface area contributed by atoms with Gasteiger partial charge in [-0.3, -0.25) is 4.79 Å². The zero-order valence-electron chi connectivity index (χ0n) is 16.9. The normalized spacial score (nSPS) is 15.2. The van der Waals surface area contributed by atoms with Crippen LogP contribution in [0.1, 0.15) is 51.4 Å². The van der Waals surface area contributed by atoms with Crippen molar-refractivity contribution in [3.63, 3.8) is 0 Å². The Morgan fingerprint density at radius 1 is 1.19 bits per heavy atom. The summed E-state index contributed by atoms with van der Waals surface area (Å²) < 4.78 is 36.5. The summed E-state index contributed by atoms with van der Waals surface area (Å²) in [7, 11) is 0. The second-order valence-electron chi connectivity index (χ2n) is 7.15. The lowest BCUT2D eigenvalue weighted by Gasteiger charge is -2.18. The van der Waals surface area contributed by atoms with E-state index in [-0.39, 0.29) is 11.6 Å². The van der Waals surface area contributed by atoms with Crippen LogP contribution in [0.25, 0.3) is 0 Å². The van der Waals surface area contributed by atoms with Crippen LogP contribution in [0.15, 0.2) is 12.1 Å². The standard InChI is InChI=1S/C21H20ClF2NO5S/c1-3-29-21(28)18-11-5-4-10(2)6-16(11)31-19(18)25-17(26)9-30-20(27)12-7-14(23)15(24)8-13(12)22/h7-8,10H,3-6,9H2,1-2H3,(H,25,26)/t10-/m1/s1. The second kappa shape index (κ2) is 9.74. The Morgan fingerprint density at radius 2 is 1.90 bits per heavy atom. The number of halogens is 3. The zero-order valence-corrected chi connectivity index (χ0v) is 18.4. The summed E-state index contributed by atoms with van der Waals surface area (Å²) in [5.74, 6) is -4.30. The molecule has 1 amide bonds. The third kappa shape index (κ3) is 5.22. The summed E-state index contributed by atoms with van der Waals surface area (Å²) in [6.45, 7) is 3.31. The number of carbonyl (C=O) groups is 3. The van der Waals surface area contributed by atoms with Gasteiger partial charge in [0.05, 0.1) is 22.8 Å². The summed E-state index contributed by atoms with van der Waals surface area (Å²) in [6, 6.07) is 1.25. The first-order valence-corrected chi connectivity index (χ1v) is 10.8. The highest BCUT2D eigenvalue weighted by Gasteiger charge is 2.29. The van der Waals surface area contributed by atoms with Crippen LogP contribution in [0.4, 0.5) is 13.8 Å². The lowest BCUT2D eigenvalue weighted by Crippen LogP contribution is -2.22. The molecule has 1 aliphatic rings. The molecule has 1 aliphatic carbocycles. The van der Waals surface area contributed by atoms with Crippen LogP contribution in [0.3, 0.4) is 0 Å². The minimum Gasteiger partial charge on any atom is -0.462 e. The largest absolute Gasteiger partial charge is 0.462 e. The average Bonchev–Trinajstić information content (AvgIpc) is 3.05. The predicted molar refractivity (Wildman–Crippen MR) is 112 cm³/mol. The second-order valence-corrected chi connectivity index (χ2v) is 8.66. The van der Waals surface area contributed by atoms with Crippen molar-refractivity contribution in [1.29, 1.82) is 0 Å². The molecule has 10 heteroatoms. The van der Waals surface area contributed by atoms with Crippen molar-refractivity contribution in [2.75, 3.05) is 18.5 Å². The van der Waals surface area contributed by atoms with Crippen molar-refractivity contribution >= 4 is 45.8 Å². The summed E-state index contributed by atoms with van der Waals surface area (Å²) in [4.78, 5) is 38.0. The first kappa shape index (κ1) is 23.1. The van der Waals surface area contributed by atoms with E-state index in [0.29, 0.717) is 35.0 Å². The molecule has 1 atom stereocenters. The van der Waals surface area contributed by atoms with Crippen molar-refractivity contribution in [2.45, 2.75) is 33.1 Å². The van der Waals surface area contributed by atoms with Crippen LogP contribution in [0.5, 0.6) is 0 Å². The van der Waals surface area contributed by atoms with Crippen molar-refractivity contribution in [3.8, 4) is 0 Å². The summed E-state index contributed by atoms with van der Waals surface area (Å²) in [5, 5.41) is 2.60. The Labute approximate surface area is 186 Å². The number of rotatable bonds is 6. The SMILES string of the molecule is CCOC(=O)c1c(NC(=O)COC(=O)c2cc(F)c(F)cc2Cl)sc2c1CC[C@@H](C)C2. The molecule has 0 unspecified atom stereocenters. The first-order valence-electron chi connectivity index (χ1n) is 9.64. The molecule has 1 aromatic heterocycles. The number of amides is 1. The van der Waals surface area contributed by atoms with Crippen molar-refractivity contribution in [3.05, 3.63) is 50.4 Å². The molecule has 6 nitrogen and oxygen atoms in total. The molecule has 3 rings (SSSR count). The Kier molecular flexibility index (Phi) is 7.27. The quantitative estimate of drug-likeness (QED) is 0.484. The first-order chi connectivity index (χ1) is 14.7. The van der Waals surface area contributed by atoms with Gasteiger partial charge in [0.1, 0.15) is 5.00 Å². The molecule has 1 aromatic carbocycles. The Bertz CT molecular complexity index is 1040. The number of ether oxygens (including phenoxy) is 2. The topological polar surface area (TPSA) is 81.7 Å². The minimum absolute atomic E-state index is 0.194. The molecular formula is C21H20ClF2NO5S. The van der Waals surface area contributed by atoms with Crippen molar-refractivity contribution in [1.82, 2.24) is 0 Å². The maximum absolute atomic E-state index is 13.4. The van der Waals surface area contributed by atoms with Crippen molar-refractivity contribution < 1.29 is 32.6 Å². The molecule has 0 aliphatic heterocycles. The molecule has 0 spiro atoms. The Hall–Kier alpha value is -2.52. The third-order valence-electron chi connectivity index (χ3n) is 4.81. The van der Waals surface area contributed by atoms with Crippen molar-refractivity contribution in [2.24, 2.45) is 5.92 Å².